The van der Waals surface area contributed by atoms with Crippen molar-refractivity contribution in [2.45, 2.75) is 52.0 Å². The molecule has 0 bridgehead atoms. The van der Waals surface area contributed by atoms with Gasteiger partial charge in [-0.25, -0.2) is 0 Å². The molecule has 0 saturated carbocycles. The van der Waals surface area contributed by atoms with E-state index in [1.807, 2.05) is 0 Å². The Balaban J connectivity index is 2.13. The fourth-order valence-electron chi connectivity index (χ4n) is 2.68. The Morgan fingerprint density at radius 3 is 2.71 bits per heavy atom. The van der Waals surface area contributed by atoms with Gasteiger partial charge in [-0.05, 0) is 64.7 Å². The molecular formula is C15H28N2. The lowest BCUT2D eigenvalue weighted by atomic mass is 9.90. The Kier molecular flexibility index (Phi) is 7.32. The van der Waals surface area contributed by atoms with E-state index in [1.165, 1.54) is 38.9 Å². The highest BCUT2D eigenvalue weighted by molar-refractivity contribution is 4.84. The normalized spacial score (nSPS) is 20.1. The smallest absolute Gasteiger partial charge is 0.00981 e. The number of likely N-dealkylation sites (tertiary alicyclic amines) is 1. The molecule has 2 nitrogen and oxygen atoms in total. The second-order valence-electron chi connectivity index (χ2n) is 5.23. The van der Waals surface area contributed by atoms with Crippen molar-refractivity contribution >= 4 is 0 Å². The zero-order valence-electron chi connectivity index (χ0n) is 11.5. The fraction of sp³-hybridized carbons (Fsp3) is 0.867. The molecule has 1 fully saturated rings. The summed E-state index contributed by atoms with van der Waals surface area (Å²) in [5.74, 6) is 3.55. The molecular weight excluding hydrogens is 208 g/mol. The number of terminal acetylenes is 1. The molecule has 1 atom stereocenters. The van der Waals surface area contributed by atoms with E-state index in [9.17, 15) is 0 Å². The third kappa shape index (κ3) is 5.57. The van der Waals surface area contributed by atoms with Crippen molar-refractivity contribution in [2.24, 2.45) is 5.92 Å². The number of nitrogens with one attached hydrogen (secondary N) is 1. The summed E-state index contributed by atoms with van der Waals surface area (Å²) in [7, 11) is 0. The average molecular weight is 236 g/mol. The molecule has 0 spiro atoms. The van der Waals surface area contributed by atoms with Crippen LogP contribution in [0, 0.1) is 18.3 Å². The summed E-state index contributed by atoms with van der Waals surface area (Å²) in [6.07, 6.45) is 11.2. The molecule has 1 heterocycles. The summed E-state index contributed by atoms with van der Waals surface area (Å²) in [6.45, 7) is 9.51. The van der Waals surface area contributed by atoms with E-state index in [1.54, 1.807) is 0 Å². The van der Waals surface area contributed by atoms with E-state index in [2.05, 4.69) is 30.0 Å². The number of hydrogen-bond acceptors (Lipinski definition) is 2. The Bertz CT molecular complexity index is 224. The van der Waals surface area contributed by atoms with Gasteiger partial charge in [-0.15, -0.1) is 12.3 Å². The quantitative estimate of drug-likeness (QED) is 0.540. The van der Waals surface area contributed by atoms with Crippen LogP contribution in [-0.2, 0) is 0 Å². The van der Waals surface area contributed by atoms with Crippen LogP contribution in [0.4, 0.5) is 0 Å². The van der Waals surface area contributed by atoms with Gasteiger partial charge >= 0.3 is 0 Å². The number of hydrogen-bond donors (Lipinski definition) is 1. The van der Waals surface area contributed by atoms with Crippen molar-refractivity contribution in [2.75, 3.05) is 26.2 Å². The van der Waals surface area contributed by atoms with Gasteiger partial charge in [-0.3, -0.25) is 0 Å². The van der Waals surface area contributed by atoms with E-state index in [-0.39, 0.29) is 0 Å². The van der Waals surface area contributed by atoms with Crippen LogP contribution < -0.4 is 5.32 Å². The van der Waals surface area contributed by atoms with Crippen LogP contribution in [0.1, 0.15) is 46.0 Å². The zero-order chi connectivity index (χ0) is 12.5. The fourth-order valence-corrected chi connectivity index (χ4v) is 2.68. The molecule has 1 saturated heterocycles. The number of rotatable bonds is 7. The van der Waals surface area contributed by atoms with Crippen molar-refractivity contribution in [3.05, 3.63) is 0 Å². The van der Waals surface area contributed by atoms with E-state index >= 15 is 0 Å². The van der Waals surface area contributed by atoms with E-state index in [4.69, 9.17) is 6.42 Å². The zero-order valence-corrected chi connectivity index (χ0v) is 11.5. The molecule has 0 radical (unpaired) electrons. The topological polar surface area (TPSA) is 15.3 Å². The third-order valence-electron chi connectivity index (χ3n) is 3.84. The maximum atomic E-state index is 5.25. The van der Waals surface area contributed by atoms with E-state index in [0.717, 1.165) is 25.3 Å². The second-order valence-corrected chi connectivity index (χ2v) is 5.23. The molecule has 1 aliphatic heterocycles. The summed E-state index contributed by atoms with van der Waals surface area (Å²) in [6, 6.07) is 0.650. The van der Waals surface area contributed by atoms with Crippen LogP contribution in [0.15, 0.2) is 0 Å². The third-order valence-corrected chi connectivity index (χ3v) is 3.84. The summed E-state index contributed by atoms with van der Waals surface area (Å²) in [5, 5.41) is 3.62. The molecule has 2 heteroatoms. The second kappa shape index (κ2) is 8.55. The van der Waals surface area contributed by atoms with Crippen LogP contribution in [0.3, 0.4) is 0 Å². The molecule has 1 rings (SSSR count). The summed E-state index contributed by atoms with van der Waals surface area (Å²) in [5.41, 5.74) is 0. The molecule has 1 N–H and O–H groups in total. The Hall–Kier alpha value is -0.520. The number of nitrogens with zero attached hydrogens (tertiary/aromatic N) is 1. The van der Waals surface area contributed by atoms with Gasteiger partial charge in [0.25, 0.3) is 0 Å². The number of unbranched alkanes of at least 4 members (excludes halogenated alkanes) is 1. The van der Waals surface area contributed by atoms with Crippen LogP contribution in [0.2, 0.25) is 0 Å². The SMILES string of the molecule is C#CCCCNC(C)C1CCN(CCC)CC1. The lowest BCUT2D eigenvalue weighted by Crippen LogP contribution is -2.42. The summed E-state index contributed by atoms with van der Waals surface area (Å²) in [4.78, 5) is 2.60. The van der Waals surface area contributed by atoms with Gasteiger partial charge in [0, 0.05) is 12.5 Å². The van der Waals surface area contributed by atoms with Gasteiger partial charge in [0.15, 0.2) is 0 Å². The molecule has 0 aromatic heterocycles. The highest BCUT2D eigenvalue weighted by Crippen LogP contribution is 2.20. The largest absolute Gasteiger partial charge is 0.314 e. The van der Waals surface area contributed by atoms with E-state index < -0.39 is 0 Å². The van der Waals surface area contributed by atoms with Gasteiger partial charge in [0.05, 0.1) is 0 Å². The van der Waals surface area contributed by atoms with Crippen LogP contribution >= 0.6 is 0 Å². The van der Waals surface area contributed by atoms with Crippen molar-refractivity contribution in [1.82, 2.24) is 10.2 Å². The van der Waals surface area contributed by atoms with Crippen LogP contribution in [0.25, 0.3) is 0 Å². The minimum Gasteiger partial charge on any atom is -0.314 e. The monoisotopic (exact) mass is 236 g/mol. The van der Waals surface area contributed by atoms with Gasteiger partial charge in [0.1, 0.15) is 0 Å². The molecule has 98 valence electrons. The molecule has 0 aliphatic carbocycles. The molecule has 17 heavy (non-hydrogen) atoms. The van der Waals surface area contributed by atoms with Gasteiger partial charge in [0.2, 0.25) is 0 Å². The lowest BCUT2D eigenvalue weighted by Gasteiger charge is -2.35. The van der Waals surface area contributed by atoms with Crippen molar-refractivity contribution in [1.29, 1.82) is 0 Å². The van der Waals surface area contributed by atoms with Crippen molar-refractivity contribution in [3.8, 4) is 12.3 Å². The summed E-state index contributed by atoms with van der Waals surface area (Å²) >= 11 is 0. The first-order valence-electron chi connectivity index (χ1n) is 7.17. The highest BCUT2D eigenvalue weighted by atomic mass is 15.1. The Morgan fingerprint density at radius 2 is 2.12 bits per heavy atom. The maximum absolute atomic E-state index is 5.25. The molecule has 1 unspecified atom stereocenters. The first kappa shape index (κ1) is 14.5. The molecule has 0 aromatic rings. The minimum absolute atomic E-state index is 0.650. The Morgan fingerprint density at radius 1 is 1.41 bits per heavy atom. The molecule has 0 amide bonds. The summed E-state index contributed by atoms with van der Waals surface area (Å²) < 4.78 is 0. The Labute approximate surface area is 107 Å². The average Bonchev–Trinajstić information content (AvgIpc) is 2.36. The lowest BCUT2D eigenvalue weighted by molar-refractivity contribution is 0.163. The van der Waals surface area contributed by atoms with Crippen molar-refractivity contribution < 1.29 is 0 Å². The predicted octanol–water partition coefficient (Wildman–Crippen LogP) is 2.50. The predicted molar refractivity (Wildman–Crippen MR) is 75.0 cm³/mol. The van der Waals surface area contributed by atoms with Crippen LogP contribution in [-0.4, -0.2) is 37.1 Å². The maximum Gasteiger partial charge on any atom is 0.00981 e. The molecule has 1 aliphatic rings. The van der Waals surface area contributed by atoms with Crippen LogP contribution in [0.5, 0.6) is 0 Å². The first-order chi connectivity index (χ1) is 8.27. The first-order valence-corrected chi connectivity index (χ1v) is 7.17. The highest BCUT2D eigenvalue weighted by Gasteiger charge is 2.22. The number of piperidine rings is 1. The van der Waals surface area contributed by atoms with Gasteiger partial charge in [-0.2, -0.15) is 0 Å². The standard InChI is InChI=1S/C15H28N2/c1-4-6-7-10-16-14(3)15-8-12-17(11-5-2)13-9-15/h1,14-16H,5-13H2,2-3H3. The molecule has 0 aromatic carbocycles. The van der Waals surface area contributed by atoms with Gasteiger partial charge < -0.3 is 10.2 Å². The minimum atomic E-state index is 0.650. The van der Waals surface area contributed by atoms with Crippen molar-refractivity contribution in [3.63, 3.8) is 0 Å². The van der Waals surface area contributed by atoms with Gasteiger partial charge in [-0.1, -0.05) is 6.92 Å². The van der Waals surface area contributed by atoms with E-state index in [0.29, 0.717) is 6.04 Å².